The molecule has 2 N–H and O–H groups in total. The van der Waals surface area contributed by atoms with Crippen LogP contribution in [0.1, 0.15) is 24.2 Å². The fourth-order valence-electron chi connectivity index (χ4n) is 2.09. The van der Waals surface area contributed by atoms with Gasteiger partial charge < -0.3 is 15.0 Å². The summed E-state index contributed by atoms with van der Waals surface area (Å²) in [4.78, 5) is 23.0. The van der Waals surface area contributed by atoms with Crippen LogP contribution in [0, 0.1) is 0 Å². The molecule has 0 aliphatic rings. The molecule has 1 aromatic heterocycles. The van der Waals surface area contributed by atoms with Crippen LogP contribution in [-0.2, 0) is 11.3 Å². The first kappa shape index (κ1) is 13.1. The molecule has 0 atom stereocenters. The minimum atomic E-state index is -0.991. The Morgan fingerprint density at radius 1 is 1.32 bits per heavy atom. The highest BCUT2D eigenvalue weighted by Crippen LogP contribution is 2.20. The van der Waals surface area contributed by atoms with Gasteiger partial charge in [0.2, 0.25) is 5.91 Å². The van der Waals surface area contributed by atoms with Crippen molar-refractivity contribution < 1.29 is 14.7 Å². The number of carbonyl (C=O) groups is 2. The molecule has 0 saturated heterocycles. The number of hydrogen-bond acceptors (Lipinski definition) is 2. The van der Waals surface area contributed by atoms with E-state index in [1.165, 1.54) is 0 Å². The number of aromatic carboxylic acids is 1. The van der Waals surface area contributed by atoms with Gasteiger partial charge in [-0.05, 0) is 26.0 Å². The van der Waals surface area contributed by atoms with E-state index in [2.05, 4.69) is 5.32 Å². The van der Waals surface area contributed by atoms with E-state index in [0.29, 0.717) is 5.52 Å². The predicted octanol–water partition coefficient (Wildman–Crippen LogP) is 1.86. The third-order valence-corrected chi connectivity index (χ3v) is 2.78. The van der Waals surface area contributed by atoms with Gasteiger partial charge in [0.15, 0.2) is 0 Å². The van der Waals surface area contributed by atoms with E-state index < -0.39 is 5.97 Å². The zero-order valence-corrected chi connectivity index (χ0v) is 10.9. The molecule has 0 spiro atoms. The van der Waals surface area contributed by atoms with Gasteiger partial charge >= 0.3 is 5.97 Å². The summed E-state index contributed by atoms with van der Waals surface area (Å²) in [6.07, 6.45) is 1.73. The molecule has 19 heavy (non-hydrogen) atoms. The normalized spacial score (nSPS) is 10.9. The number of carboxylic acids is 1. The molecule has 5 heteroatoms. The fourth-order valence-corrected chi connectivity index (χ4v) is 2.09. The van der Waals surface area contributed by atoms with Crippen LogP contribution in [0.2, 0.25) is 0 Å². The van der Waals surface area contributed by atoms with Crippen molar-refractivity contribution in [2.24, 2.45) is 0 Å². The Morgan fingerprint density at radius 2 is 2.05 bits per heavy atom. The van der Waals surface area contributed by atoms with E-state index in [1.807, 2.05) is 26.0 Å². The van der Waals surface area contributed by atoms with Gasteiger partial charge in [-0.2, -0.15) is 0 Å². The van der Waals surface area contributed by atoms with Crippen molar-refractivity contribution in [1.29, 1.82) is 0 Å². The zero-order chi connectivity index (χ0) is 14.0. The summed E-state index contributed by atoms with van der Waals surface area (Å²) in [5.74, 6) is -1.12. The fraction of sp³-hybridized carbons (Fsp3) is 0.286. The first-order valence-corrected chi connectivity index (χ1v) is 6.09. The van der Waals surface area contributed by atoms with E-state index in [1.54, 1.807) is 22.9 Å². The molecule has 0 radical (unpaired) electrons. The standard InChI is InChI=1S/C14H16N2O3/c1-9(2)15-12(17)8-16-7-6-10-4-3-5-11(13(10)16)14(18)19/h3-7,9H,8H2,1-2H3,(H,15,17)(H,18,19). The van der Waals surface area contributed by atoms with Gasteiger partial charge in [0, 0.05) is 17.6 Å². The molecule has 100 valence electrons. The van der Waals surface area contributed by atoms with Crippen molar-refractivity contribution in [2.75, 3.05) is 0 Å². The minimum absolute atomic E-state index is 0.0632. The van der Waals surface area contributed by atoms with Crippen molar-refractivity contribution in [2.45, 2.75) is 26.4 Å². The number of fused-ring (bicyclic) bond motifs is 1. The molecule has 0 aliphatic carbocycles. The van der Waals surface area contributed by atoms with Crippen LogP contribution in [0.25, 0.3) is 10.9 Å². The molecule has 0 aliphatic heterocycles. The van der Waals surface area contributed by atoms with Gasteiger partial charge in [0.25, 0.3) is 0 Å². The lowest BCUT2D eigenvalue weighted by molar-refractivity contribution is -0.122. The third-order valence-electron chi connectivity index (χ3n) is 2.78. The summed E-state index contributed by atoms with van der Waals surface area (Å²) in [5.41, 5.74) is 0.786. The van der Waals surface area contributed by atoms with E-state index in [9.17, 15) is 14.7 Å². The number of para-hydroxylation sites is 1. The van der Waals surface area contributed by atoms with Crippen LogP contribution >= 0.6 is 0 Å². The molecular weight excluding hydrogens is 244 g/mol. The number of hydrogen-bond donors (Lipinski definition) is 2. The molecule has 0 unspecified atom stereocenters. The third kappa shape index (κ3) is 2.76. The molecule has 2 aromatic rings. The van der Waals surface area contributed by atoms with Gasteiger partial charge in [0.1, 0.15) is 6.54 Å². The molecular formula is C14H16N2O3. The highest BCUT2D eigenvalue weighted by Gasteiger charge is 2.14. The summed E-state index contributed by atoms with van der Waals surface area (Å²) in [7, 11) is 0. The first-order valence-electron chi connectivity index (χ1n) is 6.09. The van der Waals surface area contributed by atoms with Crippen LogP contribution in [0.5, 0.6) is 0 Å². The van der Waals surface area contributed by atoms with Crippen molar-refractivity contribution in [3.63, 3.8) is 0 Å². The van der Waals surface area contributed by atoms with E-state index in [0.717, 1.165) is 5.39 Å². The van der Waals surface area contributed by atoms with Crippen LogP contribution in [-0.4, -0.2) is 27.6 Å². The lowest BCUT2D eigenvalue weighted by atomic mass is 10.1. The number of aromatic nitrogens is 1. The summed E-state index contributed by atoms with van der Waals surface area (Å²) in [6.45, 7) is 3.88. The quantitative estimate of drug-likeness (QED) is 0.881. The second-order valence-corrected chi connectivity index (χ2v) is 4.71. The van der Waals surface area contributed by atoms with E-state index in [4.69, 9.17) is 0 Å². The Morgan fingerprint density at radius 3 is 2.68 bits per heavy atom. The Balaban J connectivity index is 2.39. The summed E-state index contributed by atoms with van der Waals surface area (Å²) in [6, 6.07) is 6.95. The number of carbonyl (C=O) groups excluding carboxylic acids is 1. The van der Waals surface area contributed by atoms with Crippen molar-refractivity contribution in [1.82, 2.24) is 9.88 Å². The van der Waals surface area contributed by atoms with Gasteiger partial charge in [-0.25, -0.2) is 4.79 Å². The maximum absolute atomic E-state index is 11.8. The van der Waals surface area contributed by atoms with Gasteiger partial charge in [-0.1, -0.05) is 12.1 Å². The first-order chi connectivity index (χ1) is 8.99. The van der Waals surface area contributed by atoms with Gasteiger partial charge in [-0.3, -0.25) is 4.79 Å². The summed E-state index contributed by atoms with van der Waals surface area (Å²) >= 11 is 0. The number of benzene rings is 1. The molecule has 0 saturated carbocycles. The maximum Gasteiger partial charge on any atom is 0.337 e. The number of rotatable bonds is 4. The minimum Gasteiger partial charge on any atom is -0.478 e. The largest absolute Gasteiger partial charge is 0.478 e. The van der Waals surface area contributed by atoms with Crippen LogP contribution in [0.15, 0.2) is 30.5 Å². The van der Waals surface area contributed by atoms with Crippen LogP contribution in [0.3, 0.4) is 0 Å². The van der Waals surface area contributed by atoms with Gasteiger partial charge in [-0.15, -0.1) is 0 Å². The Bertz CT molecular complexity index is 629. The molecule has 1 aromatic carbocycles. The lowest BCUT2D eigenvalue weighted by Crippen LogP contribution is -2.33. The van der Waals surface area contributed by atoms with Crippen molar-refractivity contribution >= 4 is 22.8 Å². The van der Waals surface area contributed by atoms with E-state index in [-0.39, 0.29) is 24.1 Å². The Kier molecular flexibility index (Phi) is 3.55. The SMILES string of the molecule is CC(C)NC(=O)Cn1ccc2cccc(C(=O)O)c21. The molecule has 2 rings (SSSR count). The average Bonchev–Trinajstić information content (AvgIpc) is 2.71. The average molecular weight is 260 g/mol. The highest BCUT2D eigenvalue weighted by atomic mass is 16.4. The predicted molar refractivity (Wildman–Crippen MR) is 72.2 cm³/mol. The van der Waals surface area contributed by atoms with Crippen LogP contribution < -0.4 is 5.32 Å². The van der Waals surface area contributed by atoms with Crippen molar-refractivity contribution in [3.05, 3.63) is 36.0 Å². The molecule has 0 fully saturated rings. The number of amides is 1. The number of nitrogens with one attached hydrogen (secondary N) is 1. The summed E-state index contributed by atoms with van der Waals surface area (Å²) in [5, 5.41) is 12.8. The number of carboxylic acid groups (broad SMARTS) is 1. The lowest BCUT2D eigenvalue weighted by Gasteiger charge is -2.10. The monoisotopic (exact) mass is 260 g/mol. The molecule has 5 nitrogen and oxygen atoms in total. The van der Waals surface area contributed by atoms with Gasteiger partial charge in [0.05, 0.1) is 11.1 Å². The Labute approximate surface area is 110 Å². The second kappa shape index (κ2) is 5.14. The zero-order valence-electron chi connectivity index (χ0n) is 10.9. The van der Waals surface area contributed by atoms with E-state index >= 15 is 0 Å². The molecule has 0 bridgehead atoms. The smallest absolute Gasteiger partial charge is 0.337 e. The second-order valence-electron chi connectivity index (χ2n) is 4.71. The molecule has 1 amide bonds. The number of nitrogens with zero attached hydrogens (tertiary/aromatic N) is 1. The molecule has 1 heterocycles. The Hall–Kier alpha value is -2.30. The van der Waals surface area contributed by atoms with Crippen molar-refractivity contribution in [3.8, 4) is 0 Å². The topological polar surface area (TPSA) is 71.3 Å². The maximum atomic E-state index is 11.8. The highest BCUT2D eigenvalue weighted by molar-refractivity contribution is 6.02. The van der Waals surface area contributed by atoms with Crippen LogP contribution in [0.4, 0.5) is 0 Å². The summed E-state index contributed by atoms with van der Waals surface area (Å²) < 4.78 is 1.66.